The van der Waals surface area contributed by atoms with Crippen LogP contribution in [0.2, 0.25) is 0 Å². The summed E-state index contributed by atoms with van der Waals surface area (Å²) >= 11 is 0. The molecule has 1 atom stereocenters. The maximum absolute atomic E-state index is 12.0. The summed E-state index contributed by atoms with van der Waals surface area (Å²) in [6, 6.07) is 15.1. The van der Waals surface area contributed by atoms with Crippen LogP contribution < -0.4 is 15.4 Å². The molecule has 0 fully saturated rings. The van der Waals surface area contributed by atoms with E-state index in [0.717, 1.165) is 16.7 Å². The second-order valence-electron chi connectivity index (χ2n) is 5.83. The molecule has 2 rings (SSSR count). The molecule has 138 valence electrons. The highest BCUT2D eigenvalue weighted by Crippen LogP contribution is 2.19. The lowest BCUT2D eigenvalue weighted by Crippen LogP contribution is -2.41. The average Bonchev–Trinajstić information content (AvgIpc) is 2.67. The van der Waals surface area contributed by atoms with Gasteiger partial charge >= 0.3 is 11.8 Å². The average molecular weight is 356 g/mol. The third-order valence-corrected chi connectivity index (χ3v) is 4.06. The Morgan fingerprint density at radius 2 is 1.73 bits per heavy atom. The number of amides is 2. The highest BCUT2D eigenvalue weighted by atomic mass is 16.5. The van der Waals surface area contributed by atoms with Crippen molar-refractivity contribution in [3.63, 3.8) is 0 Å². The third-order valence-electron chi connectivity index (χ3n) is 4.06. The van der Waals surface area contributed by atoms with Crippen molar-refractivity contribution in [1.82, 2.24) is 10.6 Å². The monoisotopic (exact) mass is 356 g/mol. The van der Waals surface area contributed by atoms with Crippen LogP contribution in [0.25, 0.3) is 0 Å². The topological polar surface area (TPSA) is 76.7 Å². The van der Waals surface area contributed by atoms with Crippen molar-refractivity contribution >= 4 is 11.8 Å². The number of aryl methyl sites for hydroxylation is 1. The minimum absolute atomic E-state index is 0.215. The minimum atomic E-state index is -0.691. The summed E-state index contributed by atoms with van der Waals surface area (Å²) in [6.07, 6.45) is -0.314. The fourth-order valence-electron chi connectivity index (χ4n) is 2.58. The van der Waals surface area contributed by atoms with E-state index >= 15 is 0 Å². The van der Waals surface area contributed by atoms with Gasteiger partial charge in [0.2, 0.25) is 0 Å². The first-order valence-electron chi connectivity index (χ1n) is 8.32. The number of hydrogen-bond donors (Lipinski definition) is 2. The van der Waals surface area contributed by atoms with Crippen LogP contribution >= 0.6 is 0 Å². The number of carbonyl (C=O) groups excluding carboxylic acids is 2. The third kappa shape index (κ3) is 5.32. The molecule has 6 nitrogen and oxygen atoms in total. The minimum Gasteiger partial charge on any atom is -0.497 e. The second-order valence-corrected chi connectivity index (χ2v) is 5.83. The van der Waals surface area contributed by atoms with Gasteiger partial charge < -0.3 is 20.1 Å². The Kier molecular flexibility index (Phi) is 7.17. The molecule has 26 heavy (non-hydrogen) atoms. The Hall–Kier alpha value is -2.86. The van der Waals surface area contributed by atoms with E-state index in [0.29, 0.717) is 5.75 Å². The van der Waals surface area contributed by atoms with Gasteiger partial charge in [-0.25, -0.2) is 0 Å². The van der Waals surface area contributed by atoms with E-state index in [-0.39, 0.29) is 19.2 Å². The summed E-state index contributed by atoms with van der Waals surface area (Å²) in [5.74, 6) is -0.682. The van der Waals surface area contributed by atoms with Gasteiger partial charge in [0.1, 0.15) is 5.75 Å². The predicted octanol–water partition coefficient (Wildman–Crippen LogP) is 2.12. The maximum atomic E-state index is 12.0. The molecule has 0 aliphatic rings. The van der Waals surface area contributed by atoms with Crippen molar-refractivity contribution in [2.24, 2.45) is 0 Å². The first-order chi connectivity index (χ1) is 12.5. The van der Waals surface area contributed by atoms with Crippen LogP contribution in [-0.2, 0) is 20.9 Å². The Morgan fingerprint density at radius 1 is 1.00 bits per heavy atom. The van der Waals surface area contributed by atoms with Crippen molar-refractivity contribution in [3.8, 4) is 5.75 Å². The number of benzene rings is 2. The predicted molar refractivity (Wildman–Crippen MR) is 98.8 cm³/mol. The Morgan fingerprint density at radius 3 is 2.42 bits per heavy atom. The quantitative estimate of drug-likeness (QED) is 0.745. The molecule has 2 aromatic carbocycles. The molecule has 2 amide bonds. The molecular weight excluding hydrogens is 332 g/mol. The molecule has 0 bridgehead atoms. The fraction of sp³-hybridized carbons (Fsp3) is 0.300. The number of rotatable bonds is 7. The second kappa shape index (κ2) is 9.58. The van der Waals surface area contributed by atoms with E-state index in [2.05, 4.69) is 10.6 Å². The number of carbonyl (C=O) groups is 2. The first-order valence-corrected chi connectivity index (χ1v) is 8.32. The smallest absolute Gasteiger partial charge is 0.309 e. The van der Waals surface area contributed by atoms with Gasteiger partial charge in [-0.3, -0.25) is 9.59 Å². The lowest BCUT2D eigenvalue weighted by molar-refractivity contribution is -0.139. The number of hydrogen-bond acceptors (Lipinski definition) is 4. The Bertz CT molecular complexity index is 761. The lowest BCUT2D eigenvalue weighted by Gasteiger charge is -2.18. The summed E-state index contributed by atoms with van der Waals surface area (Å²) < 4.78 is 10.6. The molecule has 0 spiro atoms. The van der Waals surface area contributed by atoms with E-state index in [1.165, 1.54) is 0 Å². The molecule has 6 heteroatoms. The van der Waals surface area contributed by atoms with Crippen LogP contribution in [0.5, 0.6) is 5.75 Å². The largest absolute Gasteiger partial charge is 0.497 e. The normalized spacial score (nSPS) is 11.5. The van der Waals surface area contributed by atoms with Crippen LogP contribution in [0.1, 0.15) is 22.8 Å². The molecular formula is C20H24N2O4. The summed E-state index contributed by atoms with van der Waals surface area (Å²) in [4.78, 5) is 24.0. The summed E-state index contributed by atoms with van der Waals surface area (Å²) in [6.45, 7) is 2.44. The van der Waals surface area contributed by atoms with Gasteiger partial charge in [0.25, 0.3) is 0 Å². The van der Waals surface area contributed by atoms with E-state index in [9.17, 15) is 9.59 Å². The van der Waals surface area contributed by atoms with Crippen LogP contribution in [0, 0.1) is 6.92 Å². The van der Waals surface area contributed by atoms with Gasteiger partial charge in [0.15, 0.2) is 0 Å². The maximum Gasteiger partial charge on any atom is 0.309 e. The molecule has 0 saturated heterocycles. The van der Waals surface area contributed by atoms with Gasteiger partial charge in [-0.1, -0.05) is 36.4 Å². The summed E-state index contributed by atoms with van der Waals surface area (Å²) in [7, 11) is 3.15. The zero-order chi connectivity index (χ0) is 18.9. The van der Waals surface area contributed by atoms with Crippen LogP contribution in [0.3, 0.4) is 0 Å². The van der Waals surface area contributed by atoms with Crippen LogP contribution in [0.4, 0.5) is 0 Å². The summed E-state index contributed by atoms with van der Waals surface area (Å²) in [5.41, 5.74) is 2.89. The molecule has 0 aliphatic carbocycles. The van der Waals surface area contributed by atoms with E-state index in [1.807, 2.05) is 49.4 Å². The highest BCUT2D eigenvalue weighted by Gasteiger charge is 2.17. The van der Waals surface area contributed by atoms with E-state index < -0.39 is 11.8 Å². The fourth-order valence-corrected chi connectivity index (χ4v) is 2.58. The highest BCUT2D eigenvalue weighted by molar-refractivity contribution is 6.35. The van der Waals surface area contributed by atoms with Gasteiger partial charge in [0.05, 0.1) is 13.2 Å². The Labute approximate surface area is 153 Å². The summed E-state index contributed by atoms with van der Waals surface area (Å²) in [5, 5.41) is 5.21. The van der Waals surface area contributed by atoms with Crippen LogP contribution in [-0.4, -0.2) is 32.6 Å². The van der Waals surface area contributed by atoms with Gasteiger partial charge in [-0.2, -0.15) is 0 Å². The first kappa shape index (κ1) is 19.5. The van der Waals surface area contributed by atoms with Crippen molar-refractivity contribution < 1.29 is 19.1 Å². The van der Waals surface area contributed by atoms with Crippen molar-refractivity contribution in [1.29, 1.82) is 0 Å². The number of nitrogens with one attached hydrogen (secondary N) is 2. The van der Waals surface area contributed by atoms with Crippen LogP contribution in [0.15, 0.2) is 48.5 Å². The standard InChI is InChI=1S/C20H24N2O4/c1-14-7-4-5-10-17(14)18(26-3)13-22-20(24)19(23)21-12-15-8-6-9-16(11-15)25-2/h4-11,18H,12-13H2,1-3H3,(H,21,23)(H,22,24). The van der Waals surface area contributed by atoms with Gasteiger partial charge in [-0.05, 0) is 35.7 Å². The van der Waals surface area contributed by atoms with Gasteiger partial charge in [-0.15, -0.1) is 0 Å². The van der Waals surface area contributed by atoms with E-state index in [4.69, 9.17) is 9.47 Å². The van der Waals surface area contributed by atoms with Crippen molar-refractivity contribution in [2.75, 3.05) is 20.8 Å². The number of methoxy groups -OCH3 is 2. The molecule has 2 aromatic rings. The molecule has 1 unspecified atom stereocenters. The zero-order valence-corrected chi connectivity index (χ0v) is 15.2. The lowest BCUT2D eigenvalue weighted by atomic mass is 10.0. The van der Waals surface area contributed by atoms with E-state index in [1.54, 1.807) is 20.3 Å². The Balaban J connectivity index is 1.86. The molecule has 0 aromatic heterocycles. The molecule has 0 heterocycles. The van der Waals surface area contributed by atoms with Crippen molar-refractivity contribution in [3.05, 3.63) is 65.2 Å². The SMILES string of the molecule is COc1cccc(CNC(=O)C(=O)NCC(OC)c2ccccc2C)c1. The zero-order valence-electron chi connectivity index (χ0n) is 15.2. The van der Waals surface area contributed by atoms with Gasteiger partial charge in [0, 0.05) is 20.2 Å². The molecule has 0 saturated carbocycles. The molecule has 0 radical (unpaired) electrons. The molecule has 2 N–H and O–H groups in total. The number of ether oxygens (including phenoxy) is 2. The van der Waals surface area contributed by atoms with Crippen molar-refractivity contribution in [2.45, 2.75) is 19.6 Å². The molecule has 0 aliphatic heterocycles.